The second-order valence-electron chi connectivity index (χ2n) is 5.72. The SMILES string of the molecule is CCNc1ccc(C(=O)N(C)CC2CC2C)cc1C. The van der Waals surface area contributed by atoms with Gasteiger partial charge in [-0.05, 0) is 55.9 Å². The van der Waals surface area contributed by atoms with Gasteiger partial charge >= 0.3 is 0 Å². The van der Waals surface area contributed by atoms with E-state index in [4.69, 9.17) is 0 Å². The molecule has 0 aromatic heterocycles. The number of hydrogen-bond acceptors (Lipinski definition) is 2. The molecule has 19 heavy (non-hydrogen) atoms. The maximum absolute atomic E-state index is 12.3. The van der Waals surface area contributed by atoms with Gasteiger partial charge in [0.05, 0.1) is 0 Å². The Labute approximate surface area is 116 Å². The topological polar surface area (TPSA) is 32.3 Å². The average molecular weight is 260 g/mol. The van der Waals surface area contributed by atoms with Gasteiger partial charge in [-0.3, -0.25) is 4.79 Å². The molecule has 0 aliphatic heterocycles. The van der Waals surface area contributed by atoms with Crippen LogP contribution in [0.5, 0.6) is 0 Å². The minimum Gasteiger partial charge on any atom is -0.385 e. The first-order valence-electron chi connectivity index (χ1n) is 7.13. The molecule has 0 bridgehead atoms. The molecule has 1 saturated carbocycles. The van der Waals surface area contributed by atoms with Crippen LogP contribution in [0.2, 0.25) is 0 Å². The summed E-state index contributed by atoms with van der Waals surface area (Å²) in [5.74, 6) is 1.62. The number of nitrogens with one attached hydrogen (secondary N) is 1. The number of rotatable bonds is 5. The number of amides is 1. The highest BCUT2D eigenvalue weighted by Gasteiger charge is 2.34. The zero-order valence-corrected chi connectivity index (χ0v) is 12.4. The van der Waals surface area contributed by atoms with Crippen molar-refractivity contribution < 1.29 is 4.79 Å². The number of aryl methyl sites for hydroxylation is 1. The Kier molecular flexibility index (Phi) is 4.13. The fraction of sp³-hybridized carbons (Fsp3) is 0.562. The maximum atomic E-state index is 12.3. The highest BCUT2D eigenvalue weighted by Crippen LogP contribution is 2.38. The Morgan fingerprint density at radius 2 is 2.16 bits per heavy atom. The molecule has 104 valence electrons. The molecule has 3 heteroatoms. The van der Waals surface area contributed by atoms with Crippen molar-refractivity contribution in [1.29, 1.82) is 0 Å². The number of carbonyl (C=O) groups excluding carboxylic acids is 1. The quantitative estimate of drug-likeness (QED) is 0.882. The van der Waals surface area contributed by atoms with Crippen LogP contribution in [0.25, 0.3) is 0 Å². The summed E-state index contributed by atoms with van der Waals surface area (Å²) >= 11 is 0. The molecule has 1 fully saturated rings. The van der Waals surface area contributed by atoms with Crippen molar-refractivity contribution in [2.24, 2.45) is 11.8 Å². The van der Waals surface area contributed by atoms with Gasteiger partial charge in [0.2, 0.25) is 0 Å². The lowest BCUT2D eigenvalue weighted by molar-refractivity contribution is 0.0787. The van der Waals surface area contributed by atoms with Crippen molar-refractivity contribution in [3.63, 3.8) is 0 Å². The van der Waals surface area contributed by atoms with Gasteiger partial charge in [0.25, 0.3) is 5.91 Å². The summed E-state index contributed by atoms with van der Waals surface area (Å²) in [5.41, 5.74) is 3.02. The molecule has 1 aliphatic carbocycles. The highest BCUT2D eigenvalue weighted by atomic mass is 16.2. The third-order valence-corrected chi connectivity index (χ3v) is 3.97. The van der Waals surface area contributed by atoms with Gasteiger partial charge in [0, 0.05) is 31.4 Å². The van der Waals surface area contributed by atoms with Crippen LogP contribution >= 0.6 is 0 Å². The van der Waals surface area contributed by atoms with Crippen molar-refractivity contribution in [3.8, 4) is 0 Å². The van der Waals surface area contributed by atoms with Gasteiger partial charge < -0.3 is 10.2 Å². The van der Waals surface area contributed by atoms with E-state index in [0.29, 0.717) is 5.92 Å². The summed E-state index contributed by atoms with van der Waals surface area (Å²) in [4.78, 5) is 14.2. The molecule has 2 unspecified atom stereocenters. The van der Waals surface area contributed by atoms with Gasteiger partial charge in [-0.2, -0.15) is 0 Å². The summed E-state index contributed by atoms with van der Waals surface area (Å²) < 4.78 is 0. The molecule has 1 amide bonds. The van der Waals surface area contributed by atoms with E-state index in [1.54, 1.807) is 0 Å². The van der Waals surface area contributed by atoms with Gasteiger partial charge in [-0.15, -0.1) is 0 Å². The summed E-state index contributed by atoms with van der Waals surface area (Å²) in [7, 11) is 1.90. The van der Waals surface area contributed by atoms with Crippen LogP contribution in [0.3, 0.4) is 0 Å². The Morgan fingerprint density at radius 3 is 2.68 bits per heavy atom. The normalized spacial score (nSPS) is 21.1. The molecule has 0 heterocycles. The lowest BCUT2D eigenvalue weighted by atomic mass is 10.1. The molecule has 1 N–H and O–H groups in total. The van der Waals surface area contributed by atoms with E-state index in [2.05, 4.69) is 19.2 Å². The Bertz CT molecular complexity index is 470. The fourth-order valence-electron chi connectivity index (χ4n) is 2.49. The maximum Gasteiger partial charge on any atom is 0.253 e. The molecule has 1 aliphatic rings. The van der Waals surface area contributed by atoms with Crippen LogP contribution in [0, 0.1) is 18.8 Å². The van der Waals surface area contributed by atoms with Crippen molar-refractivity contribution in [1.82, 2.24) is 4.90 Å². The molecule has 0 radical (unpaired) electrons. The van der Waals surface area contributed by atoms with E-state index in [9.17, 15) is 4.79 Å². The largest absolute Gasteiger partial charge is 0.385 e. The highest BCUT2D eigenvalue weighted by molar-refractivity contribution is 5.94. The van der Waals surface area contributed by atoms with Crippen molar-refractivity contribution in [2.45, 2.75) is 27.2 Å². The molecule has 0 saturated heterocycles. The van der Waals surface area contributed by atoms with Gasteiger partial charge in [0.1, 0.15) is 0 Å². The smallest absolute Gasteiger partial charge is 0.253 e. The lowest BCUT2D eigenvalue weighted by Crippen LogP contribution is -2.29. The van der Waals surface area contributed by atoms with E-state index in [1.165, 1.54) is 6.42 Å². The second-order valence-corrected chi connectivity index (χ2v) is 5.72. The zero-order chi connectivity index (χ0) is 14.0. The Morgan fingerprint density at radius 1 is 1.47 bits per heavy atom. The number of hydrogen-bond donors (Lipinski definition) is 1. The van der Waals surface area contributed by atoms with E-state index in [0.717, 1.165) is 35.8 Å². The molecule has 0 spiro atoms. The summed E-state index contributed by atoms with van der Waals surface area (Å²) in [5, 5.41) is 3.29. The zero-order valence-electron chi connectivity index (χ0n) is 12.4. The molecule has 3 nitrogen and oxygen atoms in total. The van der Waals surface area contributed by atoms with Gasteiger partial charge in [0.15, 0.2) is 0 Å². The monoisotopic (exact) mass is 260 g/mol. The molecule has 2 rings (SSSR count). The number of benzene rings is 1. The summed E-state index contributed by atoms with van der Waals surface area (Å²) in [6.07, 6.45) is 1.26. The first-order chi connectivity index (χ1) is 9.02. The minimum atomic E-state index is 0.130. The third-order valence-electron chi connectivity index (χ3n) is 3.97. The van der Waals surface area contributed by atoms with Crippen LogP contribution < -0.4 is 5.32 Å². The Balaban J connectivity index is 2.04. The number of carbonyl (C=O) groups is 1. The van der Waals surface area contributed by atoms with E-state index in [-0.39, 0.29) is 5.91 Å². The standard InChI is InChI=1S/C16H24N2O/c1-5-17-15-7-6-13(9-12(15)3)16(19)18(4)10-14-8-11(14)2/h6-7,9,11,14,17H,5,8,10H2,1-4H3. The van der Waals surface area contributed by atoms with Crippen LogP contribution in [0.1, 0.15) is 36.2 Å². The Hall–Kier alpha value is -1.51. The average Bonchev–Trinajstić information content (AvgIpc) is 3.06. The predicted molar refractivity (Wildman–Crippen MR) is 79.6 cm³/mol. The van der Waals surface area contributed by atoms with E-state index in [1.807, 2.05) is 37.1 Å². The van der Waals surface area contributed by atoms with Gasteiger partial charge in [-0.1, -0.05) is 6.92 Å². The molecule has 2 atom stereocenters. The molecular formula is C16H24N2O. The van der Waals surface area contributed by atoms with Crippen LogP contribution in [0.4, 0.5) is 5.69 Å². The molecule has 1 aromatic carbocycles. The minimum absolute atomic E-state index is 0.130. The lowest BCUT2D eigenvalue weighted by Gasteiger charge is -2.18. The molecular weight excluding hydrogens is 236 g/mol. The first-order valence-corrected chi connectivity index (χ1v) is 7.13. The van der Waals surface area contributed by atoms with Gasteiger partial charge in [-0.25, -0.2) is 0 Å². The second kappa shape index (κ2) is 5.64. The predicted octanol–water partition coefficient (Wildman–Crippen LogP) is 3.15. The van der Waals surface area contributed by atoms with Crippen molar-refractivity contribution >= 4 is 11.6 Å². The van der Waals surface area contributed by atoms with Crippen molar-refractivity contribution in [3.05, 3.63) is 29.3 Å². The van der Waals surface area contributed by atoms with E-state index >= 15 is 0 Å². The van der Waals surface area contributed by atoms with Crippen molar-refractivity contribution in [2.75, 3.05) is 25.5 Å². The van der Waals surface area contributed by atoms with Crippen LogP contribution in [-0.2, 0) is 0 Å². The number of nitrogens with zero attached hydrogens (tertiary/aromatic N) is 1. The fourth-order valence-corrected chi connectivity index (χ4v) is 2.49. The number of anilines is 1. The van der Waals surface area contributed by atoms with Crippen LogP contribution in [-0.4, -0.2) is 30.9 Å². The van der Waals surface area contributed by atoms with E-state index < -0.39 is 0 Å². The van der Waals surface area contributed by atoms with Crippen LogP contribution in [0.15, 0.2) is 18.2 Å². The summed E-state index contributed by atoms with van der Waals surface area (Å²) in [6, 6.07) is 5.90. The third kappa shape index (κ3) is 3.28. The first kappa shape index (κ1) is 13.9. The molecule has 1 aromatic rings. The summed E-state index contributed by atoms with van der Waals surface area (Å²) in [6.45, 7) is 8.14.